The fraction of sp³-hybridized carbons (Fsp3) is 0.0588. The van der Waals surface area contributed by atoms with Crippen molar-refractivity contribution in [1.82, 2.24) is 0 Å². The molecule has 1 aromatic heterocycles. The summed E-state index contributed by atoms with van der Waals surface area (Å²) in [7, 11) is 0. The minimum atomic E-state index is -3.27. The van der Waals surface area contributed by atoms with Crippen molar-refractivity contribution in [2.24, 2.45) is 0 Å². The summed E-state index contributed by atoms with van der Waals surface area (Å²) in [4.78, 5) is 0. The monoisotopic (exact) mass is 693 g/mol. The predicted molar refractivity (Wildman–Crippen MR) is 220 cm³/mol. The van der Waals surface area contributed by atoms with Gasteiger partial charge in [-0.1, -0.05) is 165 Å². The Bertz CT molecular complexity index is 4710. The van der Waals surface area contributed by atoms with Gasteiger partial charge in [0.15, 0.2) is 0 Å². The normalized spacial score (nSPS) is 23.8. The molecule has 0 bridgehead atoms. The Morgan fingerprint density at radius 3 is 1.81 bits per heavy atom. The van der Waals surface area contributed by atoms with Crippen LogP contribution in [-0.2, 0) is 5.41 Å². The minimum Gasteiger partial charge on any atom is -0.455 e. The van der Waals surface area contributed by atoms with Gasteiger partial charge in [-0.05, 0) is 101 Å². The van der Waals surface area contributed by atoms with Crippen LogP contribution in [0.1, 0.15) is 67.4 Å². The van der Waals surface area contributed by atoms with Crippen LogP contribution >= 0.6 is 0 Å². The minimum absolute atomic E-state index is 0.480. The summed E-state index contributed by atoms with van der Waals surface area (Å²) >= 11 is 0. The van der Waals surface area contributed by atoms with Gasteiger partial charge in [-0.2, -0.15) is 0 Å². The zero-order chi connectivity index (χ0) is 61.4. The van der Waals surface area contributed by atoms with Gasteiger partial charge < -0.3 is 4.42 Å². The average molecular weight is 694 g/mol. The lowest BCUT2D eigenvalue weighted by molar-refractivity contribution is 0.660. The van der Waals surface area contributed by atoms with E-state index in [0.717, 1.165) is 6.92 Å². The molecule has 0 aliphatic heterocycles. The Balaban J connectivity index is 1.35. The van der Waals surface area contributed by atoms with E-state index in [0.29, 0.717) is 0 Å². The highest BCUT2D eigenvalue weighted by atomic mass is 16.3. The second-order valence-electron chi connectivity index (χ2n) is 12.1. The second-order valence-corrected chi connectivity index (χ2v) is 12.1. The zero-order valence-electron chi connectivity index (χ0n) is 57.4. The molecule has 11 rings (SSSR count). The number of benzene rings is 9. The van der Waals surface area contributed by atoms with Crippen LogP contribution in [0.15, 0.2) is 174 Å². The smallest absolute Gasteiger partial charge is 0.143 e. The van der Waals surface area contributed by atoms with Gasteiger partial charge in [0, 0.05) is 25.7 Å². The Hall–Kier alpha value is -6.44. The summed E-state index contributed by atoms with van der Waals surface area (Å²) in [5.74, 6) is 0. The molecule has 0 spiro atoms. The van der Waals surface area contributed by atoms with Gasteiger partial charge in [-0.3, -0.25) is 0 Å². The highest BCUT2D eigenvalue weighted by Gasteiger charge is 2.35. The van der Waals surface area contributed by atoms with Crippen molar-refractivity contribution in [2.45, 2.75) is 19.2 Å². The molecule has 0 amide bonds. The molecular weight excluding hydrogens is 629 g/mol. The van der Waals surface area contributed by atoms with Crippen molar-refractivity contribution in [3.63, 3.8) is 0 Å². The van der Waals surface area contributed by atoms with E-state index >= 15 is 0 Å². The fourth-order valence-corrected chi connectivity index (χ4v) is 6.94. The van der Waals surface area contributed by atoms with E-state index in [4.69, 9.17) is 29.1 Å². The summed E-state index contributed by atoms with van der Waals surface area (Å²) in [5, 5.41) is -5.22. The van der Waals surface area contributed by atoms with Gasteiger partial charge in [0.05, 0.1) is 38.4 Å². The van der Waals surface area contributed by atoms with Crippen molar-refractivity contribution in [3.05, 3.63) is 180 Å². The molecule has 1 aliphatic carbocycles. The molecule has 0 saturated carbocycles. The Kier molecular flexibility index (Phi) is 2.50. The van der Waals surface area contributed by atoms with Crippen LogP contribution in [0.25, 0.3) is 98.8 Å². The molecule has 1 heterocycles. The first kappa shape index (κ1) is 12.1. The molecular formula is C51H34O. The van der Waals surface area contributed by atoms with Crippen LogP contribution in [0.5, 0.6) is 0 Å². The van der Waals surface area contributed by atoms with Gasteiger partial charge in [-0.15, -0.1) is 0 Å². The number of furan rings is 1. The third-order valence-electron chi connectivity index (χ3n) is 9.25. The molecule has 52 heavy (non-hydrogen) atoms. The van der Waals surface area contributed by atoms with Crippen LogP contribution in [0.2, 0.25) is 0 Å². The molecule has 1 unspecified atom stereocenters. The quantitative estimate of drug-likeness (QED) is 0.168. The van der Waals surface area contributed by atoms with E-state index in [1.165, 1.54) is 0 Å². The van der Waals surface area contributed by atoms with Crippen molar-refractivity contribution >= 4 is 54.3 Å². The van der Waals surface area contributed by atoms with Crippen LogP contribution < -0.4 is 0 Å². The van der Waals surface area contributed by atoms with Gasteiger partial charge >= 0.3 is 0 Å². The summed E-state index contributed by atoms with van der Waals surface area (Å²) in [6.45, 7) is -2.23. The van der Waals surface area contributed by atoms with Gasteiger partial charge in [0.25, 0.3) is 0 Å². The van der Waals surface area contributed by atoms with E-state index in [-0.39, 0.29) is 0 Å². The number of rotatable bonds is 3. The Morgan fingerprint density at radius 1 is 0.462 bits per heavy atom. The fourth-order valence-electron chi connectivity index (χ4n) is 6.94. The molecule has 0 radical (unpaired) electrons. The van der Waals surface area contributed by atoms with Gasteiger partial charge in [0.1, 0.15) is 11.2 Å². The molecule has 1 heteroatoms. The molecule has 10 aromatic rings. The van der Waals surface area contributed by atoms with Gasteiger partial charge in [-0.25, -0.2) is 0 Å². The third kappa shape index (κ3) is 4.05. The number of hydrogen-bond donors (Lipinski definition) is 0. The van der Waals surface area contributed by atoms with Crippen molar-refractivity contribution < 1.29 is 46.9 Å². The zero-order valence-corrected chi connectivity index (χ0v) is 26.4. The van der Waals surface area contributed by atoms with Gasteiger partial charge in [0.2, 0.25) is 0 Å². The standard InChI is InChI=1S/C51H34O/c1-51(2)44-20-10-9-14-36(44)37-28-27-34(30-45(37)51)31-22-24-33(25-23-31)47-38-15-5-7-17-40(38)48(41-18-8-6-16-39(41)47)42-19-11-21-46-49(42)43-29-26-32-12-3-4-13-35(32)50(43)52-46/h3-30H,1-2H3/i1D3,3D,4D,5D,6D,7D,8D,9D,10D,11D,12D,13D,14D,15D,16D,17D,18D,19D,20D,21D,22D,23D,24D,25D,26D,27D,28D,29D,30D. The maximum atomic E-state index is 9.73. The molecule has 1 atom stereocenters. The highest BCUT2D eigenvalue weighted by molar-refractivity contribution is 6.27. The third-order valence-corrected chi connectivity index (χ3v) is 9.25. The Morgan fingerprint density at radius 2 is 1.06 bits per heavy atom. The molecule has 0 saturated heterocycles. The van der Waals surface area contributed by atoms with E-state index in [1.54, 1.807) is 0 Å². The topological polar surface area (TPSA) is 13.1 Å². The molecule has 9 aromatic carbocycles. The van der Waals surface area contributed by atoms with Crippen LogP contribution in [0, 0.1) is 0 Å². The highest BCUT2D eigenvalue weighted by Crippen LogP contribution is 2.50. The van der Waals surface area contributed by atoms with Crippen LogP contribution in [0.4, 0.5) is 0 Å². The molecule has 244 valence electrons. The summed E-state index contributed by atoms with van der Waals surface area (Å²) in [5.41, 5.74) is -11.0. The summed E-state index contributed by atoms with van der Waals surface area (Å²) in [6.07, 6.45) is 0. The van der Waals surface area contributed by atoms with Crippen LogP contribution in [0.3, 0.4) is 0 Å². The lowest BCUT2D eigenvalue weighted by atomic mass is 9.81. The van der Waals surface area contributed by atoms with Crippen molar-refractivity contribution in [2.75, 3.05) is 0 Å². The largest absolute Gasteiger partial charge is 0.455 e. The Labute approximate surface area is 346 Å². The summed E-state index contributed by atoms with van der Waals surface area (Å²) in [6, 6.07) is -26.8. The average Bonchev–Trinajstić information content (AvgIpc) is 1.72. The molecule has 1 aliphatic rings. The first-order valence-corrected chi connectivity index (χ1v) is 15.7. The second kappa shape index (κ2) is 10.8. The number of hydrogen-bond acceptors (Lipinski definition) is 1. The van der Waals surface area contributed by atoms with Crippen molar-refractivity contribution in [1.29, 1.82) is 0 Å². The van der Waals surface area contributed by atoms with E-state index in [2.05, 4.69) is 0 Å². The maximum absolute atomic E-state index is 9.73. The summed E-state index contributed by atoms with van der Waals surface area (Å²) < 4.78 is 288. The van der Waals surface area contributed by atoms with Crippen molar-refractivity contribution in [3.8, 4) is 44.5 Å². The molecule has 0 N–H and O–H groups in total. The lowest BCUT2D eigenvalue weighted by Gasteiger charge is -2.22. The SMILES string of the molecule is [2H]c1c([2H])c([2H])c2c(c1[2H])-c1c([2H])c([2H])c(-c3c([2H])c([2H])c(-c4c5c([2H])c([2H])c([2H])c([2H])c5c(-c5c([2H])c([2H])c([2H])c6oc7c8c([2H])c([2H])c([2H])c([2H])c8c([2H])c([2H])c7c56)c5c([2H])c([2H])c([2H])c([2H])c45)c([2H])c3[2H])c([2H])c1C2(C)C([2H])([2H])[2H]. The number of fused-ring (bicyclic) bond motifs is 10. The van der Waals surface area contributed by atoms with Crippen LogP contribution in [-0.4, -0.2) is 0 Å². The van der Waals surface area contributed by atoms with E-state index < -0.39 is 291 Å². The first-order valence-electron chi connectivity index (χ1n) is 31.2. The maximum Gasteiger partial charge on any atom is 0.143 e. The molecule has 0 fully saturated rings. The predicted octanol–water partition coefficient (Wildman–Crippen LogP) is 14.4. The van der Waals surface area contributed by atoms with E-state index in [1.807, 2.05) is 0 Å². The van der Waals surface area contributed by atoms with E-state index in [9.17, 15) is 17.8 Å². The molecule has 1 nitrogen and oxygen atoms in total. The first-order chi connectivity index (χ1) is 38.5. The lowest BCUT2D eigenvalue weighted by Crippen LogP contribution is -2.14.